The zero-order chi connectivity index (χ0) is 19.8. The van der Waals surface area contributed by atoms with Gasteiger partial charge in [-0.2, -0.15) is 0 Å². The lowest BCUT2D eigenvalue weighted by Gasteiger charge is -2.69. The maximum atomic E-state index is 13.7. The van der Waals surface area contributed by atoms with Crippen molar-refractivity contribution in [2.45, 2.75) is 99.0 Å². The highest BCUT2D eigenvalue weighted by Gasteiger charge is 2.68. The van der Waals surface area contributed by atoms with Crippen LogP contribution < -0.4 is 5.73 Å². The Morgan fingerprint density at radius 3 is 2.41 bits per heavy atom. The first kappa shape index (κ1) is 19.7. The van der Waals surface area contributed by atoms with Crippen molar-refractivity contribution >= 4 is 5.78 Å². The molecule has 3 unspecified atom stereocenters. The fourth-order valence-electron chi connectivity index (χ4n) is 8.72. The summed E-state index contributed by atoms with van der Waals surface area (Å²) in [5.74, 6) is 1.79. The zero-order valence-electron chi connectivity index (χ0n) is 18.5. The summed E-state index contributed by atoms with van der Waals surface area (Å²) >= 11 is 0. The lowest BCUT2D eigenvalue weighted by atomic mass is 9.35. The first-order valence-corrected chi connectivity index (χ1v) is 11.5. The first-order chi connectivity index (χ1) is 12.5. The largest absolute Gasteiger partial charge is 0.327 e. The maximum Gasteiger partial charge on any atom is 0.159 e. The third kappa shape index (κ3) is 2.31. The molecule has 3 fully saturated rings. The van der Waals surface area contributed by atoms with Gasteiger partial charge in [0, 0.05) is 12.0 Å². The Morgan fingerprint density at radius 2 is 1.74 bits per heavy atom. The maximum absolute atomic E-state index is 13.7. The predicted octanol–water partition coefficient (Wildman–Crippen LogP) is 5.90. The van der Waals surface area contributed by atoms with Gasteiger partial charge in [0.05, 0.1) is 0 Å². The molecule has 0 heterocycles. The molecule has 0 spiro atoms. The molecule has 2 nitrogen and oxygen atoms in total. The molecular weight excluding hydrogens is 330 g/mol. The first-order valence-electron chi connectivity index (χ1n) is 11.5. The van der Waals surface area contributed by atoms with Crippen LogP contribution in [0.15, 0.2) is 11.6 Å². The molecule has 3 saturated carbocycles. The normalized spacial score (nSPS) is 51.7. The molecular formula is C25H41NO. The van der Waals surface area contributed by atoms with Crippen LogP contribution in [0.1, 0.15) is 92.9 Å². The lowest BCUT2D eigenvalue weighted by molar-refractivity contribution is -0.181. The third-order valence-corrected chi connectivity index (χ3v) is 10.5. The molecule has 0 radical (unpaired) electrons. The van der Waals surface area contributed by atoms with Crippen molar-refractivity contribution in [3.8, 4) is 0 Å². The number of fused-ring (bicyclic) bond motifs is 5. The Morgan fingerprint density at radius 1 is 1.04 bits per heavy atom. The van der Waals surface area contributed by atoms with E-state index in [9.17, 15) is 4.79 Å². The van der Waals surface area contributed by atoms with Gasteiger partial charge in [-0.3, -0.25) is 4.79 Å². The highest BCUT2D eigenvalue weighted by molar-refractivity contribution is 5.95. The van der Waals surface area contributed by atoms with Gasteiger partial charge in [0.2, 0.25) is 0 Å². The number of hydrogen-bond donors (Lipinski definition) is 1. The van der Waals surface area contributed by atoms with Crippen molar-refractivity contribution in [1.82, 2.24) is 0 Å². The van der Waals surface area contributed by atoms with E-state index in [1.54, 1.807) is 0 Å². The van der Waals surface area contributed by atoms with E-state index in [1.165, 1.54) is 44.1 Å². The molecule has 152 valence electrons. The van der Waals surface area contributed by atoms with Gasteiger partial charge in [0.15, 0.2) is 5.78 Å². The summed E-state index contributed by atoms with van der Waals surface area (Å²) < 4.78 is 0. The summed E-state index contributed by atoms with van der Waals surface area (Å²) in [6.45, 7) is 14.5. The van der Waals surface area contributed by atoms with Crippen LogP contribution in [0.3, 0.4) is 0 Å². The molecule has 0 aromatic carbocycles. The Bertz CT molecular complexity index is 678. The van der Waals surface area contributed by atoms with Crippen molar-refractivity contribution in [1.29, 1.82) is 0 Å². The molecule has 7 atom stereocenters. The molecule has 0 aliphatic heterocycles. The lowest BCUT2D eigenvalue weighted by Crippen LogP contribution is -2.66. The molecule has 0 saturated heterocycles. The van der Waals surface area contributed by atoms with Crippen molar-refractivity contribution in [2.24, 2.45) is 45.1 Å². The summed E-state index contributed by atoms with van der Waals surface area (Å²) in [5.41, 5.74) is 8.61. The minimum Gasteiger partial charge on any atom is -0.327 e. The van der Waals surface area contributed by atoms with Crippen LogP contribution in [0, 0.1) is 39.4 Å². The Balaban J connectivity index is 1.85. The number of ketones is 1. The number of carbonyl (C=O) groups is 1. The fourth-order valence-corrected chi connectivity index (χ4v) is 8.72. The molecule has 27 heavy (non-hydrogen) atoms. The van der Waals surface area contributed by atoms with Gasteiger partial charge in [-0.25, -0.2) is 0 Å². The van der Waals surface area contributed by atoms with Crippen LogP contribution in [0.5, 0.6) is 0 Å². The van der Waals surface area contributed by atoms with Crippen molar-refractivity contribution in [2.75, 3.05) is 0 Å². The average molecular weight is 372 g/mol. The number of rotatable bonds is 1. The van der Waals surface area contributed by atoms with Gasteiger partial charge >= 0.3 is 0 Å². The monoisotopic (exact) mass is 371 g/mol. The highest BCUT2D eigenvalue weighted by atomic mass is 16.1. The second-order valence-electron chi connectivity index (χ2n) is 11.7. The molecule has 4 aliphatic carbocycles. The number of nitrogens with two attached hydrogens (primary N) is 1. The van der Waals surface area contributed by atoms with Crippen molar-refractivity contribution in [3.63, 3.8) is 0 Å². The topological polar surface area (TPSA) is 43.1 Å². The van der Waals surface area contributed by atoms with Crippen molar-refractivity contribution in [3.05, 3.63) is 11.6 Å². The Labute approximate surface area is 166 Å². The van der Waals surface area contributed by atoms with Gasteiger partial charge in [-0.05, 0) is 84.5 Å². The Kier molecular flexibility index (Phi) is 4.33. The fraction of sp³-hybridized carbons (Fsp3) is 0.880. The molecule has 0 aromatic heterocycles. The van der Waals surface area contributed by atoms with Crippen LogP contribution in [-0.2, 0) is 4.79 Å². The molecule has 0 bridgehead atoms. The SMILES string of the molecule is CC[C@@H]1CCC[C@]2(C)C1=CC(=O)C1[C@@]3(C)CCC(N)C(C)(C)C3CC[C@]12C. The molecule has 0 aromatic rings. The Hall–Kier alpha value is -0.630. The predicted molar refractivity (Wildman–Crippen MR) is 112 cm³/mol. The summed E-state index contributed by atoms with van der Waals surface area (Å²) in [6, 6.07) is 0.263. The summed E-state index contributed by atoms with van der Waals surface area (Å²) in [5, 5.41) is 0. The minimum atomic E-state index is 0.0909. The van der Waals surface area contributed by atoms with Gasteiger partial charge in [-0.1, -0.05) is 53.5 Å². The van der Waals surface area contributed by atoms with E-state index >= 15 is 0 Å². The smallest absolute Gasteiger partial charge is 0.159 e. The number of carbonyl (C=O) groups excluding carboxylic acids is 1. The van der Waals surface area contributed by atoms with Gasteiger partial charge < -0.3 is 5.73 Å². The van der Waals surface area contributed by atoms with Gasteiger partial charge in [-0.15, -0.1) is 0 Å². The number of hydrogen-bond acceptors (Lipinski definition) is 2. The van der Waals surface area contributed by atoms with E-state index in [0.29, 0.717) is 17.6 Å². The molecule has 4 rings (SSSR count). The molecule has 2 heteroatoms. The van der Waals surface area contributed by atoms with E-state index in [4.69, 9.17) is 5.73 Å². The van der Waals surface area contributed by atoms with Crippen LogP contribution in [0.25, 0.3) is 0 Å². The second-order valence-corrected chi connectivity index (χ2v) is 11.7. The van der Waals surface area contributed by atoms with E-state index in [2.05, 4.69) is 47.6 Å². The standard InChI is InChI=1S/C25H41NO/c1-7-16-9-8-12-24(5)17(16)15-18(27)21-23(4)13-11-20(26)22(2,3)19(23)10-14-25(21,24)6/h15-16,19-21H,7-14,26H2,1-6H3/t16-,19?,20?,21?,23+,24-,25-/m1/s1. The van der Waals surface area contributed by atoms with E-state index in [1.807, 2.05) is 0 Å². The minimum absolute atomic E-state index is 0.0909. The van der Waals surface area contributed by atoms with E-state index in [-0.39, 0.29) is 33.6 Å². The summed E-state index contributed by atoms with van der Waals surface area (Å²) in [6.07, 6.45) is 11.8. The van der Waals surface area contributed by atoms with E-state index < -0.39 is 0 Å². The quantitative estimate of drug-likeness (QED) is 0.624. The summed E-state index contributed by atoms with van der Waals surface area (Å²) in [7, 11) is 0. The second kappa shape index (κ2) is 5.94. The van der Waals surface area contributed by atoms with Crippen molar-refractivity contribution < 1.29 is 4.79 Å². The summed E-state index contributed by atoms with van der Waals surface area (Å²) in [4.78, 5) is 13.7. The van der Waals surface area contributed by atoms with Crippen LogP contribution in [-0.4, -0.2) is 11.8 Å². The third-order valence-electron chi connectivity index (χ3n) is 10.5. The van der Waals surface area contributed by atoms with Gasteiger partial charge in [0.1, 0.15) is 0 Å². The molecule has 4 aliphatic rings. The zero-order valence-corrected chi connectivity index (χ0v) is 18.5. The highest BCUT2D eigenvalue weighted by Crippen LogP contribution is 2.72. The van der Waals surface area contributed by atoms with Crippen LogP contribution >= 0.6 is 0 Å². The van der Waals surface area contributed by atoms with E-state index in [0.717, 1.165) is 12.8 Å². The van der Waals surface area contributed by atoms with Gasteiger partial charge in [0.25, 0.3) is 0 Å². The number of allylic oxidation sites excluding steroid dienone is 2. The van der Waals surface area contributed by atoms with Crippen LogP contribution in [0.2, 0.25) is 0 Å². The van der Waals surface area contributed by atoms with Crippen LogP contribution in [0.4, 0.5) is 0 Å². The molecule has 2 N–H and O–H groups in total. The average Bonchev–Trinajstić information content (AvgIpc) is 2.59. The molecule has 0 amide bonds.